The summed E-state index contributed by atoms with van der Waals surface area (Å²) in [5.74, 6) is 1.48. The summed E-state index contributed by atoms with van der Waals surface area (Å²) in [5.41, 5.74) is 8.58. The van der Waals surface area contributed by atoms with Crippen LogP contribution in [0.3, 0.4) is 0 Å². The monoisotopic (exact) mass is 392 g/mol. The number of nitrogens with two attached hydrogens (primary N) is 1. The minimum absolute atomic E-state index is 0.305. The van der Waals surface area contributed by atoms with Crippen LogP contribution in [-0.2, 0) is 5.54 Å². The molecule has 0 spiro atoms. The molecule has 148 valence electrons. The number of fused-ring (bicyclic) bond motifs is 1. The predicted molar refractivity (Wildman–Crippen MR) is 108 cm³/mol. The molecule has 3 aromatic rings. The van der Waals surface area contributed by atoms with E-state index in [1.54, 1.807) is 19.5 Å². The Hall–Kier alpha value is -3.48. The van der Waals surface area contributed by atoms with Crippen LogP contribution >= 0.6 is 0 Å². The molecule has 0 amide bonds. The number of alkyl halides is 1. The fraction of sp³-hybridized carbons (Fsp3) is 0.227. The van der Waals surface area contributed by atoms with E-state index >= 15 is 0 Å². The molecule has 1 aliphatic heterocycles. The third kappa shape index (κ3) is 3.29. The van der Waals surface area contributed by atoms with Crippen LogP contribution in [0.25, 0.3) is 0 Å². The highest BCUT2D eigenvalue weighted by molar-refractivity contribution is 6.01. The van der Waals surface area contributed by atoms with Gasteiger partial charge in [-0.2, -0.15) is 0 Å². The Kier molecular flexibility index (Phi) is 5.12. The van der Waals surface area contributed by atoms with Crippen LogP contribution in [0.1, 0.15) is 28.8 Å². The van der Waals surface area contributed by atoms with E-state index in [2.05, 4.69) is 9.97 Å². The molecule has 2 N–H and O–H groups in total. The highest BCUT2D eigenvalue weighted by atomic mass is 19.1. The smallest absolute Gasteiger partial charge is 0.213 e. The van der Waals surface area contributed by atoms with Crippen molar-refractivity contribution in [1.29, 1.82) is 0 Å². The van der Waals surface area contributed by atoms with Gasteiger partial charge in [-0.05, 0) is 35.4 Å². The molecule has 0 radical (unpaired) electrons. The quantitative estimate of drug-likeness (QED) is 0.624. The zero-order chi connectivity index (χ0) is 20.3. The van der Waals surface area contributed by atoms with Crippen molar-refractivity contribution < 1.29 is 13.9 Å². The molecule has 1 atom stereocenters. The molecule has 1 aromatic carbocycles. The van der Waals surface area contributed by atoms with Crippen molar-refractivity contribution in [3.05, 3.63) is 83.3 Å². The van der Waals surface area contributed by atoms with Crippen molar-refractivity contribution in [3.63, 3.8) is 0 Å². The molecule has 1 aliphatic rings. The van der Waals surface area contributed by atoms with Crippen molar-refractivity contribution >= 4 is 5.84 Å². The van der Waals surface area contributed by atoms with Crippen LogP contribution < -0.4 is 15.2 Å². The van der Waals surface area contributed by atoms with Gasteiger partial charge in [0, 0.05) is 30.4 Å². The standard InChI is InChI=1S/C22H21FN4O2/c1-28-19-14-16(8-11-25-19)22(18-7-3-10-26-20(18)21(24)27-22)15-5-2-6-17(13-15)29-12-4-9-23/h2-3,5-8,10-11,13-14H,4,9,12H2,1H3,(H2,24,27). The molecule has 1 unspecified atom stereocenters. The zero-order valence-corrected chi connectivity index (χ0v) is 16.0. The Morgan fingerprint density at radius 2 is 1.90 bits per heavy atom. The Bertz CT molecular complexity index is 1060. The first-order valence-electron chi connectivity index (χ1n) is 9.30. The maximum atomic E-state index is 12.4. The zero-order valence-electron chi connectivity index (χ0n) is 16.0. The average molecular weight is 392 g/mol. The number of aromatic nitrogens is 2. The number of halogens is 1. The minimum Gasteiger partial charge on any atom is -0.493 e. The Labute approximate surface area is 168 Å². The maximum absolute atomic E-state index is 12.4. The van der Waals surface area contributed by atoms with Crippen LogP contribution in [-0.4, -0.2) is 36.2 Å². The van der Waals surface area contributed by atoms with E-state index in [0.717, 1.165) is 16.7 Å². The second-order valence-electron chi connectivity index (χ2n) is 6.61. The van der Waals surface area contributed by atoms with Crippen molar-refractivity contribution in [2.75, 3.05) is 20.4 Å². The fourth-order valence-corrected chi connectivity index (χ4v) is 3.60. The normalized spacial score (nSPS) is 17.5. The SMILES string of the molecule is COc1cc(C2(c3cccc(OCCCF)c3)N=C(N)c3ncccc32)ccn1. The third-order valence-corrected chi connectivity index (χ3v) is 4.89. The molecule has 3 heterocycles. The van der Waals surface area contributed by atoms with E-state index in [-0.39, 0.29) is 0 Å². The first-order chi connectivity index (χ1) is 14.2. The van der Waals surface area contributed by atoms with E-state index in [0.29, 0.717) is 36.2 Å². The molecule has 0 saturated heterocycles. The van der Waals surface area contributed by atoms with Gasteiger partial charge in [0.1, 0.15) is 22.8 Å². The Morgan fingerprint density at radius 1 is 1.03 bits per heavy atom. The van der Waals surface area contributed by atoms with Gasteiger partial charge in [-0.1, -0.05) is 18.2 Å². The number of hydrogen-bond donors (Lipinski definition) is 1. The van der Waals surface area contributed by atoms with Gasteiger partial charge < -0.3 is 15.2 Å². The second kappa shape index (κ2) is 7.87. The lowest BCUT2D eigenvalue weighted by molar-refractivity contribution is 0.289. The molecule has 29 heavy (non-hydrogen) atoms. The van der Waals surface area contributed by atoms with E-state index in [4.69, 9.17) is 20.2 Å². The van der Waals surface area contributed by atoms with Gasteiger partial charge in [-0.3, -0.25) is 9.37 Å². The number of nitrogens with zero attached hydrogens (tertiary/aromatic N) is 3. The number of aliphatic imine (C=N–C) groups is 1. The van der Waals surface area contributed by atoms with E-state index in [9.17, 15) is 4.39 Å². The van der Waals surface area contributed by atoms with E-state index in [1.807, 2.05) is 48.5 Å². The predicted octanol–water partition coefficient (Wildman–Crippen LogP) is 3.23. The van der Waals surface area contributed by atoms with Crippen molar-refractivity contribution in [2.45, 2.75) is 12.0 Å². The summed E-state index contributed by atoms with van der Waals surface area (Å²) in [7, 11) is 1.57. The first kappa shape index (κ1) is 18.9. The summed E-state index contributed by atoms with van der Waals surface area (Å²) in [6.07, 6.45) is 3.72. The van der Waals surface area contributed by atoms with Gasteiger partial charge in [0.2, 0.25) is 5.88 Å². The molecule has 2 aromatic heterocycles. The maximum Gasteiger partial charge on any atom is 0.213 e. The Morgan fingerprint density at radius 3 is 2.72 bits per heavy atom. The second-order valence-corrected chi connectivity index (χ2v) is 6.61. The molecule has 7 heteroatoms. The number of pyridine rings is 2. The molecule has 0 saturated carbocycles. The van der Waals surface area contributed by atoms with Gasteiger partial charge in [-0.15, -0.1) is 0 Å². The largest absolute Gasteiger partial charge is 0.493 e. The van der Waals surface area contributed by atoms with Crippen LogP contribution in [0.4, 0.5) is 4.39 Å². The van der Waals surface area contributed by atoms with Crippen LogP contribution in [0.15, 0.2) is 65.9 Å². The molecular weight excluding hydrogens is 371 g/mol. The molecule has 4 rings (SSSR count). The van der Waals surface area contributed by atoms with Crippen LogP contribution in [0.2, 0.25) is 0 Å². The van der Waals surface area contributed by atoms with E-state index < -0.39 is 12.2 Å². The summed E-state index contributed by atoms with van der Waals surface area (Å²) in [4.78, 5) is 13.5. The van der Waals surface area contributed by atoms with Gasteiger partial charge in [-0.25, -0.2) is 9.98 Å². The number of amidine groups is 1. The van der Waals surface area contributed by atoms with Crippen molar-refractivity contribution in [2.24, 2.45) is 10.7 Å². The molecule has 0 fully saturated rings. The summed E-state index contributed by atoms with van der Waals surface area (Å²) < 4.78 is 23.5. The van der Waals surface area contributed by atoms with Gasteiger partial charge in [0.25, 0.3) is 0 Å². The highest BCUT2D eigenvalue weighted by Crippen LogP contribution is 2.46. The van der Waals surface area contributed by atoms with Gasteiger partial charge >= 0.3 is 0 Å². The van der Waals surface area contributed by atoms with Crippen LogP contribution in [0.5, 0.6) is 11.6 Å². The highest BCUT2D eigenvalue weighted by Gasteiger charge is 2.44. The summed E-state index contributed by atoms with van der Waals surface area (Å²) in [5, 5.41) is 0. The number of hydrogen-bond acceptors (Lipinski definition) is 6. The fourth-order valence-electron chi connectivity index (χ4n) is 3.60. The molecule has 0 aliphatic carbocycles. The first-order valence-corrected chi connectivity index (χ1v) is 9.30. The van der Waals surface area contributed by atoms with Gasteiger partial charge in [0.15, 0.2) is 0 Å². The number of benzene rings is 1. The van der Waals surface area contributed by atoms with Crippen molar-refractivity contribution in [1.82, 2.24) is 9.97 Å². The van der Waals surface area contributed by atoms with Crippen molar-refractivity contribution in [3.8, 4) is 11.6 Å². The Balaban J connectivity index is 1.91. The summed E-state index contributed by atoms with van der Waals surface area (Å²) in [6.45, 7) is -0.111. The number of rotatable bonds is 7. The van der Waals surface area contributed by atoms with E-state index in [1.165, 1.54) is 0 Å². The lowest BCUT2D eigenvalue weighted by Crippen LogP contribution is -2.25. The summed E-state index contributed by atoms with van der Waals surface area (Å²) in [6, 6.07) is 15.2. The lowest BCUT2D eigenvalue weighted by atomic mass is 9.78. The lowest BCUT2D eigenvalue weighted by Gasteiger charge is -2.29. The third-order valence-electron chi connectivity index (χ3n) is 4.89. The topological polar surface area (TPSA) is 82.6 Å². The van der Waals surface area contributed by atoms with Gasteiger partial charge in [0.05, 0.1) is 20.4 Å². The van der Waals surface area contributed by atoms with Crippen LogP contribution in [0, 0.1) is 0 Å². The molecular formula is C22H21FN4O2. The molecule has 6 nitrogen and oxygen atoms in total. The summed E-state index contributed by atoms with van der Waals surface area (Å²) >= 11 is 0. The molecule has 0 bridgehead atoms. The minimum atomic E-state index is -0.913. The number of methoxy groups -OCH3 is 1. The average Bonchev–Trinajstić information content (AvgIpc) is 3.08. The number of ether oxygens (including phenoxy) is 2.